The SMILES string of the molecule is O=C(c1ccc(F)cc1)N1CC(c2nc(-c3ccco3)no2)C1. The lowest BCUT2D eigenvalue weighted by Gasteiger charge is -2.37. The van der Waals surface area contributed by atoms with E-state index in [-0.39, 0.29) is 17.6 Å². The average Bonchev–Trinajstić information content (AvgIpc) is 3.17. The summed E-state index contributed by atoms with van der Waals surface area (Å²) in [5.74, 6) is 0.938. The minimum Gasteiger partial charge on any atom is -0.461 e. The highest BCUT2D eigenvalue weighted by molar-refractivity contribution is 5.94. The zero-order chi connectivity index (χ0) is 15.8. The Balaban J connectivity index is 1.41. The van der Waals surface area contributed by atoms with Gasteiger partial charge >= 0.3 is 0 Å². The van der Waals surface area contributed by atoms with E-state index in [0.717, 1.165) is 0 Å². The Hall–Kier alpha value is -2.96. The van der Waals surface area contributed by atoms with Crippen molar-refractivity contribution in [1.82, 2.24) is 15.0 Å². The van der Waals surface area contributed by atoms with Crippen LogP contribution in [0.15, 0.2) is 51.6 Å². The van der Waals surface area contributed by atoms with Gasteiger partial charge in [0.05, 0.1) is 12.2 Å². The second kappa shape index (κ2) is 5.35. The highest BCUT2D eigenvalue weighted by Gasteiger charge is 2.36. The molecule has 0 radical (unpaired) electrons. The molecule has 1 aliphatic heterocycles. The highest BCUT2D eigenvalue weighted by atomic mass is 19.1. The largest absolute Gasteiger partial charge is 0.461 e. The van der Waals surface area contributed by atoms with Gasteiger partial charge in [0.15, 0.2) is 5.76 Å². The summed E-state index contributed by atoms with van der Waals surface area (Å²) >= 11 is 0. The Labute approximate surface area is 130 Å². The molecule has 6 nitrogen and oxygen atoms in total. The van der Waals surface area contributed by atoms with Crippen molar-refractivity contribution in [2.75, 3.05) is 13.1 Å². The molecule has 1 aromatic carbocycles. The van der Waals surface area contributed by atoms with Crippen molar-refractivity contribution in [3.8, 4) is 11.6 Å². The van der Waals surface area contributed by atoms with Crippen molar-refractivity contribution in [3.05, 3.63) is 59.9 Å². The first-order chi connectivity index (χ1) is 11.2. The van der Waals surface area contributed by atoms with E-state index in [9.17, 15) is 9.18 Å². The van der Waals surface area contributed by atoms with Crippen LogP contribution in [-0.2, 0) is 0 Å². The molecule has 23 heavy (non-hydrogen) atoms. The lowest BCUT2D eigenvalue weighted by atomic mass is 9.99. The van der Waals surface area contributed by atoms with Gasteiger partial charge in [-0.1, -0.05) is 5.16 Å². The van der Waals surface area contributed by atoms with Crippen LogP contribution in [0.2, 0.25) is 0 Å². The number of hydrogen-bond acceptors (Lipinski definition) is 5. The van der Waals surface area contributed by atoms with Gasteiger partial charge in [0, 0.05) is 18.7 Å². The topological polar surface area (TPSA) is 72.4 Å². The number of nitrogens with zero attached hydrogens (tertiary/aromatic N) is 3. The summed E-state index contributed by atoms with van der Waals surface area (Å²) in [5, 5.41) is 3.87. The maximum absolute atomic E-state index is 12.9. The molecule has 7 heteroatoms. The molecular weight excluding hydrogens is 301 g/mol. The van der Waals surface area contributed by atoms with E-state index in [1.54, 1.807) is 17.0 Å². The smallest absolute Gasteiger partial charge is 0.253 e. The fourth-order valence-corrected chi connectivity index (χ4v) is 2.48. The van der Waals surface area contributed by atoms with Crippen molar-refractivity contribution in [1.29, 1.82) is 0 Å². The van der Waals surface area contributed by atoms with Gasteiger partial charge in [0.1, 0.15) is 5.82 Å². The molecule has 1 saturated heterocycles. The number of likely N-dealkylation sites (tertiary alicyclic amines) is 1. The van der Waals surface area contributed by atoms with Gasteiger partial charge in [-0.05, 0) is 36.4 Å². The van der Waals surface area contributed by atoms with Crippen LogP contribution in [-0.4, -0.2) is 34.0 Å². The van der Waals surface area contributed by atoms with Crippen molar-refractivity contribution < 1.29 is 18.1 Å². The van der Waals surface area contributed by atoms with E-state index in [2.05, 4.69) is 10.1 Å². The van der Waals surface area contributed by atoms with Crippen molar-refractivity contribution >= 4 is 5.91 Å². The summed E-state index contributed by atoms with van der Waals surface area (Å²) in [4.78, 5) is 18.2. The predicted molar refractivity (Wildman–Crippen MR) is 77.0 cm³/mol. The molecule has 0 N–H and O–H groups in total. The minimum atomic E-state index is -0.362. The summed E-state index contributed by atoms with van der Waals surface area (Å²) in [7, 11) is 0. The van der Waals surface area contributed by atoms with Gasteiger partial charge in [0.2, 0.25) is 11.7 Å². The van der Waals surface area contributed by atoms with Crippen LogP contribution in [0.1, 0.15) is 22.2 Å². The number of hydrogen-bond donors (Lipinski definition) is 0. The number of carbonyl (C=O) groups is 1. The number of furan rings is 1. The van der Waals surface area contributed by atoms with E-state index in [1.165, 1.54) is 30.5 Å². The Kier molecular flexibility index (Phi) is 3.18. The third-order valence-corrected chi connectivity index (χ3v) is 3.79. The summed E-state index contributed by atoms with van der Waals surface area (Å²) in [6, 6.07) is 9.01. The Bertz CT molecular complexity index is 821. The van der Waals surface area contributed by atoms with Crippen LogP contribution in [0, 0.1) is 5.82 Å². The lowest BCUT2D eigenvalue weighted by Crippen LogP contribution is -2.48. The first-order valence-corrected chi connectivity index (χ1v) is 7.13. The molecule has 1 fully saturated rings. The summed E-state index contributed by atoms with van der Waals surface area (Å²) in [6.45, 7) is 0.992. The van der Waals surface area contributed by atoms with E-state index < -0.39 is 0 Å². The second-order valence-corrected chi connectivity index (χ2v) is 5.35. The predicted octanol–water partition coefficient (Wildman–Crippen LogP) is 2.71. The molecule has 0 atom stereocenters. The monoisotopic (exact) mass is 313 g/mol. The third-order valence-electron chi connectivity index (χ3n) is 3.79. The Morgan fingerprint density at radius 3 is 2.70 bits per heavy atom. The average molecular weight is 313 g/mol. The van der Waals surface area contributed by atoms with Crippen LogP contribution in [0.3, 0.4) is 0 Å². The zero-order valence-corrected chi connectivity index (χ0v) is 12.0. The minimum absolute atomic E-state index is 0.00982. The van der Waals surface area contributed by atoms with Crippen LogP contribution in [0.5, 0.6) is 0 Å². The summed E-state index contributed by atoms with van der Waals surface area (Å²) < 4.78 is 23.3. The van der Waals surface area contributed by atoms with Crippen molar-refractivity contribution in [2.24, 2.45) is 0 Å². The molecule has 0 spiro atoms. The fraction of sp³-hybridized carbons (Fsp3) is 0.188. The number of amides is 1. The molecular formula is C16H12FN3O3. The molecule has 0 saturated carbocycles. The first kappa shape index (κ1) is 13.7. The van der Waals surface area contributed by atoms with E-state index in [4.69, 9.17) is 8.94 Å². The van der Waals surface area contributed by atoms with E-state index in [1.807, 2.05) is 0 Å². The highest BCUT2D eigenvalue weighted by Crippen LogP contribution is 2.28. The Morgan fingerprint density at radius 2 is 2.00 bits per heavy atom. The lowest BCUT2D eigenvalue weighted by molar-refractivity contribution is 0.0569. The number of halogens is 1. The number of rotatable bonds is 3. The standard InChI is InChI=1S/C16H12FN3O3/c17-12-5-3-10(4-6-12)16(21)20-8-11(9-20)15-18-14(19-23-15)13-2-1-7-22-13/h1-7,11H,8-9H2. The molecule has 2 aromatic heterocycles. The van der Waals surface area contributed by atoms with Crippen LogP contribution in [0.4, 0.5) is 4.39 Å². The zero-order valence-electron chi connectivity index (χ0n) is 12.0. The molecule has 3 heterocycles. The molecule has 0 unspecified atom stereocenters. The maximum Gasteiger partial charge on any atom is 0.253 e. The van der Waals surface area contributed by atoms with Crippen molar-refractivity contribution in [2.45, 2.75) is 5.92 Å². The molecule has 0 bridgehead atoms. The number of aromatic nitrogens is 2. The summed E-state index contributed by atoms with van der Waals surface area (Å²) in [5.41, 5.74) is 0.464. The fourth-order valence-electron chi connectivity index (χ4n) is 2.48. The quantitative estimate of drug-likeness (QED) is 0.743. The molecule has 3 aromatic rings. The van der Waals surface area contributed by atoms with Gasteiger partial charge in [0.25, 0.3) is 5.91 Å². The molecule has 0 aliphatic carbocycles. The second-order valence-electron chi connectivity index (χ2n) is 5.35. The summed E-state index contributed by atoms with van der Waals surface area (Å²) in [6.07, 6.45) is 1.54. The normalized spacial score (nSPS) is 14.7. The van der Waals surface area contributed by atoms with Gasteiger partial charge < -0.3 is 13.8 Å². The van der Waals surface area contributed by atoms with E-state index >= 15 is 0 Å². The van der Waals surface area contributed by atoms with Gasteiger partial charge in [-0.25, -0.2) is 4.39 Å². The number of benzene rings is 1. The van der Waals surface area contributed by atoms with Crippen LogP contribution >= 0.6 is 0 Å². The Morgan fingerprint density at radius 1 is 1.22 bits per heavy atom. The maximum atomic E-state index is 12.9. The first-order valence-electron chi connectivity index (χ1n) is 7.13. The van der Waals surface area contributed by atoms with Gasteiger partial charge in [-0.2, -0.15) is 4.98 Å². The van der Waals surface area contributed by atoms with Crippen LogP contribution in [0.25, 0.3) is 11.6 Å². The third kappa shape index (κ3) is 2.50. The van der Waals surface area contributed by atoms with Crippen molar-refractivity contribution in [3.63, 3.8) is 0 Å². The van der Waals surface area contributed by atoms with Crippen LogP contribution < -0.4 is 0 Å². The molecule has 1 amide bonds. The van der Waals surface area contributed by atoms with E-state index in [0.29, 0.717) is 36.1 Å². The molecule has 4 rings (SSSR count). The number of carbonyl (C=O) groups excluding carboxylic acids is 1. The molecule has 116 valence electrons. The van der Waals surface area contributed by atoms with Gasteiger partial charge in [-0.3, -0.25) is 4.79 Å². The van der Waals surface area contributed by atoms with Gasteiger partial charge in [-0.15, -0.1) is 0 Å². The molecule has 1 aliphatic rings.